The molecule has 2 aromatic rings. The van der Waals surface area contributed by atoms with Gasteiger partial charge in [0.05, 0.1) is 0 Å². The summed E-state index contributed by atoms with van der Waals surface area (Å²) in [6.07, 6.45) is 0. The molecule has 0 spiro atoms. The molecule has 0 aliphatic carbocycles. The molecule has 0 amide bonds. The van der Waals surface area contributed by atoms with Crippen LogP contribution in [0, 0.1) is 0 Å². The summed E-state index contributed by atoms with van der Waals surface area (Å²) in [5.74, 6) is 0. The Bertz CT molecular complexity index is 442. The molecule has 1 aromatic heterocycles. The molecule has 0 saturated carbocycles. The fourth-order valence-electron chi connectivity index (χ4n) is 1.00. The van der Waals surface area contributed by atoms with Crippen LogP contribution in [0.1, 0.15) is 0 Å². The number of nitrogens with zero attached hydrogens (tertiary/aromatic N) is 1. The normalized spacial score (nSPS) is 10.1. The van der Waals surface area contributed by atoms with Gasteiger partial charge in [-0.3, -0.25) is 0 Å². The molecule has 0 atom stereocenters. The number of thiazole rings is 1. The molecular formula is C9H6Br2N2S. The van der Waals surface area contributed by atoms with Gasteiger partial charge in [0.1, 0.15) is 4.60 Å². The Hall–Kier alpha value is -0.390. The van der Waals surface area contributed by atoms with Crippen LogP contribution < -0.4 is 5.32 Å². The van der Waals surface area contributed by atoms with Gasteiger partial charge in [-0.05, 0) is 34.1 Å². The standard InChI is InChI=1S/C9H6Br2N2S/c10-6-2-1-3-7(4-6)12-9-13-8(11)5-14-9/h1-5H,(H,12,13). The van der Waals surface area contributed by atoms with E-state index in [9.17, 15) is 0 Å². The van der Waals surface area contributed by atoms with E-state index >= 15 is 0 Å². The Morgan fingerprint density at radius 2 is 2.14 bits per heavy atom. The van der Waals surface area contributed by atoms with Crippen molar-refractivity contribution in [1.29, 1.82) is 0 Å². The van der Waals surface area contributed by atoms with Gasteiger partial charge in [0.15, 0.2) is 5.13 Å². The number of rotatable bonds is 2. The maximum Gasteiger partial charge on any atom is 0.188 e. The van der Waals surface area contributed by atoms with E-state index in [-0.39, 0.29) is 0 Å². The molecule has 0 aliphatic rings. The summed E-state index contributed by atoms with van der Waals surface area (Å²) < 4.78 is 1.91. The summed E-state index contributed by atoms with van der Waals surface area (Å²) in [4.78, 5) is 4.24. The number of halogens is 2. The highest BCUT2D eigenvalue weighted by Crippen LogP contribution is 2.24. The van der Waals surface area contributed by atoms with Gasteiger partial charge in [-0.2, -0.15) is 0 Å². The molecule has 0 bridgehead atoms. The zero-order valence-corrected chi connectivity index (χ0v) is 11.0. The molecule has 1 aromatic carbocycles. The molecule has 72 valence electrons. The summed E-state index contributed by atoms with van der Waals surface area (Å²) in [6, 6.07) is 7.98. The van der Waals surface area contributed by atoms with Gasteiger partial charge in [-0.1, -0.05) is 22.0 Å². The fourth-order valence-corrected chi connectivity index (χ4v) is 2.56. The Morgan fingerprint density at radius 1 is 1.29 bits per heavy atom. The first-order chi connectivity index (χ1) is 6.74. The molecule has 0 fully saturated rings. The number of benzene rings is 1. The van der Waals surface area contributed by atoms with Crippen LogP contribution in [0.2, 0.25) is 0 Å². The maximum atomic E-state index is 4.24. The average molecular weight is 334 g/mol. The third-order valence-corrected chi connectivity index (χ3v) is 3.51. The molecular weight excluding hydrogens is 328 g/mol. The second kappa shape index (κ2) is 4.42. The highest BCUT2D eigenvalue weighted by atomic mass is 79.9. The third-order valence-electron chi connectivity index (χ3n) is 1.55. The van der Waals surface area contributed by atoms with Crippen molar-refractivity contribution in [3.8, 4) is 0 Å². The van der Waals surface area contributed by atoms with E-state index in [1.165, 1.54) is 0 Å². The van der Waals surface area contributed by atoms with E-state index < -0.39 is 0 Å². The molecule has 1 heterocycles. The van der Waals surface area contributed by atoms with Crippen LogP contribution in [0.3, 0.4) is 0 Å². The first-order valence-corrected chi connectivity index (χ1v) is 6.34. The lowest BCUT2D eigenvalue weighted by atomic mass is 10.3. The lowest BCUT2D eigenvalue weighted by molar-refractivity contribution is 1.34. The first kappa shape index (κ1) is 10.1. The number of hydrogen-bond donors (Lipinski definition) is 1. The topological polar surface area (TPSA) is 24.9 Å². The zero-order chi connectivity index (χ0) is 9.97. The van der Waals surface area contributed by atoms with Crippen LogP contribution >= 0.6 is 43.2 Å². The van der Waals surface area contributed by atoms with E-state index in [1.54, 1.807) is 11.3 Å². The first-order valence-electron chi connectivity index (χ1n) is 3.88. The predicted molar refractivity (Wildman–Crippen MR) is 67.2 cm³/mol. The second-order valence-corrected chi connectivity index (χ2v) is 5.20. The maximum absolute atomic E-state index is 4.24. The lowest BCUT2D eigenvalue weighted by Gasteiger charge is -2.01. The Kier molecular flexibility index (Phi) is 3.20. The highest BCUT2D eigenvalue weighted by Gasteiger charge is 1.99. The van der Waals surface area contributed by atoms with Crippen molar-refractivity contribution in [2.75, 3.05) is 5.32 Å². The molecule has 0 aliphatic heterocycles. The minimum Gasteiger partial charge on any atom is -0.331 e. The molecule has 0 saturated heterocycles. The predicted octanol–water partition coefficient (Wildman–Crippen LogP) is 4.41. The summed E-state index contributed by atoms with van der Waals surface area (Å²) >= 11 is 8.29. The molecule has 0 unspecified atom stereocenters. The molecule has 2 nitrogen and oxygen atoms in total. The van der Waals surface area contributed by atoms with Crippen molar-refractivity contribution in [2.24, 2.45) is 0 Å². The number of hydrogen-bond acceptors (Lipinski definition) is 3. The Morgan fingerprint density at radius 3 is 2.79 bits per heavy atom. The molecule has 0 radical (unpaired) electrons. The van der Waals surface area contributed by atoms with E-state index in [1.807, 2.05) is 29.6 Å². The minimum absolute atomic E-state index is 0.861. The van der Waals surface area contributed by atoms with Gasteiger partial charge in [0.25, 0.3) is 0 Å². The molecule has 5 heteroatoms. The van der Waals surface area contributed by atoms with Crippen molar-refractivity contribution in [3.05, 3.63) is 38.7 Å². The van der Waals surface area contributed by atoms with E-state index in [2.05, 4.69) is 42.2 Å². The highest BCUT2D eigenvalue weighted by molar-refractivity contribution is 9.10. The van der Waals surface area contributed by atoms with Crippen LogP contribution in [0.25, 0.3) is 0 Å². The lowest BCUT2D eigenvalue weighted by Crippen LogP contribution is -1.88. The quantitative estimate of drug-likeness (QED) is 0.880. The van der Waals surface area contributed by atoms with E-state index in [0.29, 0.717) is 0 Å². The van der Waals surface area contributed by atoms with Crippen LogP contribution in [-0.4, -0.2) is 4.98 Å². The van der Waals surface area contributed by atoms with E-state index in [0.717, 1.165) is 19.9 Å². The monoisotopic (exact) mass is 332 g/mol. The van der Waals surface area contributed by atoms with Gasteiger partial charge < -0.3 is 5.32 Å². The second-order valence-electron chi connectivity index (χ2n) is 2.61. The Balaban J connectivity index is 2.18. The van der Waals surface area contributed by atoms with Crippen molar-refractivity contribution in [3.63, 3.8) is 0 Å². The zero-order valence-electron chi connectivity index (χ0n) is 7.00. The van der Waals surface area contributed by atoms with Crippen molar-refractivity contribution in [1.82, 2.24) is 4.98 Å². The summed E-state index contributed by atoms with van der Waals surface area (Å²) in [6.45, 7) is 0. The van der Waals surface area contributed by atoms with Crippen molar-refractivity contribution >= 4 is 54.0 Å². The summed E-state index contributed by atoms with van der Waals surface area (Å²) in [5, 5.41) is 6.04. The summed E-state index contributed by atoms with van der Waals surface area (Å²) in [7, 11) is 0. The minimum atomic E-state index is 0.861. The number of nitrogens with one attached hydrogen (secondary N) is 1. The smallest absolute Gasteiger partial charge is 0.188 e. The SMILES string of the molecule is Brc1cccc(Nc2nc(Br)cs2)c1. The van der Waals surface area contributed by atoms with Gasteiger partial charge >= 0.3 is 0 Å². The van der Waals surface area contributed by atoms with E-state index in [4.69, 9.17) is 0 Å². The Labute approximate surface area is 103 Å². The van der Waals surface area contributed by atoms with Crippen molar-refractivity contribution in [2.45, 2.75) is 0 Å². The fraction of sp³-hybridized carbons (Fsp3) is 0. The van der Waals surface area contributed by atoms with Crippen LogP contribution in [0.4, 0.5) is 10.8 Å². The third kappa shape index (κ3) is 2.56. The van der Waals surface area contributed by atoms with Gasteiger partial charge in [0.2, 0.25) is 0 Å². The largest absolute Gasteiger partial charge is 0.331 e. The number of aromatic nitrogens is 1. The van der Waals surface area contributed by atoms with Crippen LogP contribution in [-0.2, 0) is 0 Å². The van der Waals surface area contributed by atoms with Crippen LogP contribution in [0.15, 0.2) is 38.7 Å². The van der Waals surface area contributed by atoms with Crippen LogP contribution in [0.5, 0.6) is 0 Å². The molecule has 14 heavy (non-hydrogen) atoms. The van der Waals surface area contributed by atoms with Gasteiger partial charge in [-0.15, -0.1) is 11.3 Å². The summed E-state index contributed by atoms with van der Waals surface area (Å²) in [5.41, 5.74) is 1.03. The average Bonchev–Trinajstić information content (AvgIpc) is 2.51. The van der Waals surface area contributed by atoms with Crippen molar-refractivity contribution < 1.29 is 0 Å². The van der Waals surface area contributed by atoms with Gasteiger partial charge in [-0.25, -0.2) is 4.98 Å². The molecule has 2 rings (SSSR count). The molecule has 1 N–H and O–H groups in total. The number of anilines is 2. The van der Waals surface area contributed by atoms with Gasteiger partial charge in [0, 0.05) is 15.5 Å².